The van der Waals surface area contributed by atoms with Crippen LogP contribution in [0.4, 0.5) is 11.4 Å². The quantitative estimate of drug-likeness (QED) is 0.160. The summed E-state index contributed by atoms with van der Waals surface area (Å²) in [6, 6.07) is 57.2. The fourth-order valence-electron chi connectivity index (χ4n) is 9.98. The van der Waals surface area contributed by atoms with Crippen molar-refractivity contribution in [3.05, 3.63) is 229 Å². The number of hydrogen-bond acceptors (Lipinski definition) is 2. The lowest BCUT2D eigenvalue weighted by molar-refractivity contribution is 0.585. The van der Waals surface area contributed by atoms with Crippen molar-refractivity contribution in [2.45, 2.75) is 19.9 Å². The molecule has 0 saturated heterocycles. The van der Waals surface area contributed by atoms with Gasteiger partial charge in [0.25, 0.3) is 0 Å². The summed E-state index contributed by atoms with van der Waals surface area (Å²) in [5.74, 6) is 0.916. The largest absolute Gasteiger partial charge is 0.455 e. The van der Waals surface area contributed by atoms with Crippen LogP contribution in [0.15, 0.2) is 222 Å². The van der Waals surface area contributed by atoms with E-state index in [-0.39, 0.29) is 12.0 Å². The van der Waals surface area contributed by atoms with Gasteiger partial charge < -0.3 is 9.32 Å². The van der Waals surface area contributed by atoms with Gasteiger partial charge in [-0.05, 0) is 74.2 Å². The van der Waals surface area contributed by atoms with E-state index in [1.54, 1.807) is 0 Å². The lowest BCUT2D eigenvalue weighted by Crippen LogP contribution is -2.36. The Kier molecular flexibility index (Phi) is 8.93. The molecule has 3 aliphatic rings. The molecule has 4 unspecified atom stereocenters. The average molecular weight is 772 g/mol. The van der Waals surface area contributed by atoms with E-state index in [2.05, 4.69) is 225 Å². The zero-order valence-electron chi connectivity index (χ0n) is 33.9. The number of furan rings is 1. The van der Waals surface area contributed by atoms with Crippen LogP contribution in [0.25, 0.3) is 66.1 Å². The van der Waals surface area contributed by atoms with Crippen LogP contribution >= 0.6 is 0 Å². The minimum Gasteiger partial charge on any atom is -0.455 e. The number of rotatable bonds is 7. The first-order chi connectivity index (χ1) is 29.6. The van der Waals surface area contributed by atoms with Crippen LogP contribution in [0.2, 0.25) is 0 Å². The van der Waals surface area contributed by atoms with Gasteiger partial charge in [0.05, 0.1) is 6.04 Å². The molecule has 0 saturated carbocycles. The van der Waals surface area contributed by atoms with Gasteiger partial charge in [0, 0.05) is 44.8 Å². The van der Waals surface area contributed by atoms with Crippen molar-refractivity contribution in [3.63, 3.8) is 0 Å². The van der Waals surface area contributed by atoms with Crippen molar-refractivity contribution in [2.75, 3.05) is 4.90 Å². The molecule has 0 fully saturated rings. The summed E-state index contributed by atoms with van der Waals surface area (Å²) in [5.41, 5.74) is 15.3. The minimum atomic E-state index is 0.00387. The topological polar surface area (TPSA) is 16.4 Å². The molecule has 0 aliphatic heterocycles. The molecule has 11 rings (SSSR count). The third-order valence-corrected chi connectivity index (χ3v) is 12.9. The summed E-state index contributed by atoms with van der Waals surface area (Å²) in [5, 5.41) is 4.79. The molecule has 2 heteroatoms. The Morgan fingerprint density at radius 2 is 1.15 bits per heavy atom. The van der Waals surface area contributed by atoms with E-state index >= 15 is 0 Å². The Bertz CT molecular complexity index is 3140. The minimum absolute atomic E-state index is 0.00387. The Morgan fingerprint density at radius 1 is 0.483 bits per heavy atom. The van der Waals surface area contributed by atoms with E-state index in [1.807, 2.05) is 6.07 Å². The van der Waals surface area contributed by atoms with Crippen LogP contribution in [-0.2, 0) is 0 Å². The predicted molar refractivity (Wildman–Crippen MR) is 254 cm³/mol. The highest BCUT2D eigenvalue weighted by atomic mass is 16.3. The Balaban J connectivity index is 1.12. The Labute approximate surface area is 352 Å². The fourth-order valence-corrected chi connectivity index (χ4v) is 9.98. The first-order valence-corrected chi connectivity index (χ1v) is 21.3. The number of allylic oxidation sites excluding steroid dienone is 10. The zero-order chi connectivity index (χ0) is 40.2. The standard InChI is InChI=1S/C58H45NO/c1-38-33-35-47(46-22-7-6-21-43(38)46)48-23-8-11-30-54(48)59(53-36-34-42(37-39(53)2)45-27-16-29-52-50-25-10-13-32-56(50)60-58(45)52)55-31-12-9-24-49(55)51-28-15-20-41-19-14-26-44(57(41)51)40-17-4-3-5-18-40/h3-39,43,53H,1-2H3. The molecular weight excluding hydrogens is 727 g/mol. The molecule has 7 aromatic carbocycles. The normalized spacial score (nSPS) is 19.6. The molecule has 2 nitrogen and oxygen atoms in total. The summed E-state index contributed by atoms with van der Waals surface area (Å²) in [4.78, 5) is 2.63. The van der Waals surface area contributed by atoms with E-state index in [4.69, 9.17) is 4.42 Å². The second-order valence-corrected chi connectivity index (χ2v) is 16.4. The van der Waals surface area contributed by atoms with Crippen LogP contribution in [-0.4, -0.2) is 6.04 Å². The van der Waals surface area contributed by atoms with E-state index in [1.165, 1.54) is 66.7 Å². The van der Waals surface area contributed by atoms with E-state index in [9.17, 15) is 0 Å². The molecular formula is C58H45NO. The number of nitrogens with zero attached hydrogens (tertiary/aromatic N) is 1. The van der Waals surface area contributed by atoms with Crippen molar-refractivity contribution < 1.29 is 4.42 Å². The molecule has 8 aromatic rings. The summed E-state index contributed by atoms with van der Waals surface area (Å²) in [6.45, 7) is 4.69. The predicted octanol–water partition coefficient (Wildman–Crippen LogP) is 15.6. The van der Waals surface area contributed by atoms with E-state index < -0.39 is 0 Å². The third-order valence-electron chi connectivity index (χ3n) is 12.9. The monoisotopic (exact) mass is 771 g/mol. The first-order valence-electron chi connectivity index (χ1n) is 21.3. The second kappa shape index (κ2) is 14.9. The Hall–Kier alpha value is -7.16. The average Bonchev–Trinajstić information content (AvgIpc) is 3.69. The maximum absolute atomic E-state index is 6.55. The second-order valence-electron chi connectivity index (χ2n) is 16.4. The van der Waals surface area contributed by atoms with Crippen LogP contribution in [0.3, 0.4) is 0 Å². The molecule has 4 atom stereocenters. The molecule has 0 spiro atoms. The molecule has 60 heavy (non-hydrogen) atoms. The van der Waals surface area contributed by atoms with E-state index in [0.29, 0.717) is 11.8 Å². The molecule has 288 valence electrons. The number of benzene rings is 7. The van der Waals surface area contributed by atoms with Crippen molar-refractivity contribution in [1.82, 2.24) is 0 Å². The summed E-state index contributed by atoms with van der Waals surface area (Å²) in [6.07, 6.45) is 21.0. The highest BCUT2D eigenvalue weighted by Gasteiger charge is 2.32. The van der Waals surface area contributed by atoms with Gasteiger partial charge in [-0.15, -0.1) is 0 Å². The SMILES string of the molecule is CC1C=CC(c2ccccc2N(c2ccccc2-c2cccc3cccc(-c4ccccc4)c23)C2C=CC(c3cccc4c3oc3ccccc34)=CC2C)=C2C=CC=CC21. The maximum atomic E-state index is 6.55. The van der Waals surface area contributed by atoms with Gasteiger partial charge in [0.15, 0.2) is 0 Å². The number of anilines is 2. The van der Waals surface area contributed by atoms with Gasteiger partial charge in [-0.2, -0.15) is 0 Å². The number of hydrogen-bond donors (Lipinski definition) is 0. The molecule has 0 bridgehead atoms. The maximum Gasteiger partial charge on any atom is 0.143 e. The van der Waals surface area contributed by atoms with Gasteiger partial charge in [0.2, 0.25) is 0 Å². The van der Waals surface area contributed by atoms with Crippen LogP contribution < -0.4 is 4.90 Å². The Morgan fingerprint density at radius 3 is 1.98 bits per heavy atom. The molecule has 0 N–H and O–H groups in total. The molecule has 1 heterocycles. The van der Waals surface area contributed by atoms with Crippen molar-refractivity contribution in [2.24, 2.45) is 17.8 Å². The van der Waals surface area contributed by atoms with Crippen LogP contribution in [0.5, 0.6) is 0 Å². The summed E-state index contributed by atoms with van der Waals surface area (Å²) < 4.78 is 6.55. The van der Waals surface area contributed by atoms with Crippen molar-refractivity contribution in [1.29, 1.82) is 0 Å². The van der Waals surface area contributed by atoms with Crippen molar-refractivity contribution >= 4 is 55.2 Å². The van der Waals surface area contributed by atoms with Crippen LogP contribution in [0, 0.1) is 17.8 Å². The van der Waals surface area contributed by atoms with E-state index in [0.717, 1.165) is 27.5 Å². The third kappa shape index (κ3) is 6.02. The van der Waals surface area contributed by atoms with Gasteiger partial charge in [-0.1, -0.05) is 208 Å². The fraction of sp³-hybridized carbons (Fsp3) is 0.103. The first kappa shape index (κ1) is 36.0. The molecule has 1 aromatic heterocycles. The number of fused-ring (bicyclic) bond motifs is 5. The molecule has 3 aliphatic carbocycles. The zero-order valence-corrected chi connectivity index (χ0v) is 33.9. The van der Waals surface area contributed by atoms with Gasteiger partial charge in [-0.3, -0.25) is 0 Å². The molecule has 0 amide bonds. The van der Waals surface area contributed by atoms with Gasteiger partial charge >= 0.3 is 0 Å². The van der Waals surface area contributed by atoms with Gasteiger partial charge in [0.1, 0.15) is 11.2 Å². The van der Waals surface area contributed by atoms with Crippen LogP contribution in [0.1, 0.15) is 25.0 Å². The highest BCUT2D eigenvalue weighted by molar-refractivity contribution is 6.10. The highest BCUT2D eigenvalue weighted by Crippen LogP contribution is 2.48. The van der Waals surface area contributed by atoms with Crippen molar-refractivity contribution in [3.8, 4) is 22.3 Å². The lowest BCUT2D eigenvalue weighted by atomic mass is 9.76. The summed E-state index contributed by atoms with van der Waals surface area (Å²) >= 11 is 0. The lowest BCUT2D eigenvalue weighted by Gasteiger charge is -2.39. The smallest absolute Gasteiger partial charge is 0.143 e. The molecule has 0 radical (unpaired) electrons. The van der Waals surface area contributed by atoms with Gasteiger partial charge in [-0.25, -0.2) is 0 Å². The summed E-state index contributed by atoms with van der Waals surface area (Å²) in [7, 11) is 0. The number of para-hydroxylation sites is 4.